The summed E-state index contributed by atoms with van der Waals surface area (Å²) in [4.78, 5) is 36.5. The predicted molar refractivity (Wildman–Crippen MR) is 132 cm³/mol. The summed E-state index contributed by atoms with van der Waals surface area (Å²) in [5.74, 6) is 5.94. The van der Waals surface area contributed by atoms with E-state index in [0.717, 1.165) is 5.56 Å². The van der Waals surface area contributed by atoms with Gasteiger partial charge in [0.1, 0.15) is 23.5 Å². The first kappa shape index (κ1) is 23.1. The number of aromatic nitrogens is 3. The third-order valence-corrected chi connectivity index (χ3v) is 6.09. The quantitative estimate of drug-likeness (QED) is 0.453. The zero-order valence-electron chi connectivity index (χ0n) is 19.6. The van der Waals surface area contributed by atoms with Crippen molar-refractivity contribution >= 4 is 28.7 Å². The van der Waals surface area contributed by atoms with Crippen molar-refractivity contribution in [3.63, 3.8) is 0 Å². The number of likely N-dealkylation sites (tertiary alicyclic amines) is 1. The lowest BCUT2D eigenvalue weighted by atomic mass is 10.1. The van der Waals surface area contributed by atoms with Gasteiger partial charge in [0.25, 0.3) is 5.91 Å². The summed E-state index contributed by atoms with van der Waals surface area (Å²) in [6, 6.07) is 9.60. The smallest absolute Gasteiger partial charge is 0.255 e. The molecule has 3 N–H and O–H groups in total. The average Bonchev–Trinajstić information content (AvgIpc) is 3.37. The molecule has 4 rings (SSSR count). The number of nitrogens with zero attached hydrogens (tertiary/aromatic N) is 4. The maximum Gasteiger partial charge on any atom is 0.255 e. The number of nitrogen functional groups attached to an aromatic ring is 1. The fourth-order valence-electron chi connectivity index (χ4n) is 4.58. The second-order valence-electron chi connectivity index (χ2n) is 8.32. The molecule has 1 aliphatic rings. The average molecular weight is 457 g/mol. The third-order valence-electron chi connectivity index (χ3n) is 6.09. The van der Waals surface area contributed by atoms with Crippen LogP contribution in [-0.2, 0) is 11.3 Å². The predicted octanol–water partition coefficient (Wildman–Crippen LogP) is 3.05. The standard InChI is InChI=1S/C26H28N6O2/c1-4-9-20-22(26(34)28-14-18-11-7-6-8-12-18)23-24(27)29-16-30-25(23)32(20)19-13-17(3)31(15-19)21(33)10-5-2/h5-8,10-12,16-17,19H,13-15H2,1-3H3,(H,28,34)(H2,27,29,30)/b10-5+. The minimum Gasteiger partial charge on any atom is -0.383 e. The number of nitrogens with two attached hydrogens (primary N) is 1. The normalized spacial score (nSPS) is 17.7. The summed E-state index contributed by atoms with van der Waals surface area (Å²) < 4.78 is 1.96. The van der Waals surface area contributed by atoms with Gasteiger partial charge in [-0.05, 0) is 44.8 Å². The van der Waals surface area contributed by atoms with Crippen LogP contribution in [-0.4, -0.2) is 43.8 Å². The molecular weight excluding hydrogens is 428 g/mol. The summed E-state index contributed by atoms with van der Waals surface area (Å²) in [7, 11) is 0. The lowest BCUT2D eigenvalue weighted by Crippen LogP contribution is -2.32. The molecule has 8 nitrogen and oxygen atoms in total. The van der Waals surface area contributed by atoms with Crippen molar-refractivity contribution in [3.8, 4) is 11.8 Å². The van der Waals surface area contributed by atoms with Gasteiger partial charge in [-0.2, -0.15) is 0 Å². The zero-order chi connectivity index (χ0) is 24.2. The van der Waals surface area contributed by atoms with Gasteiger partial charge in [-0.1, -0.05) is 42.3 Å². The lowest BCUT2D eigenvalue weighted by Gasteiger charge is -2.19. The highest BCUT2D eigenvalue weighted by Crippen LogP contribution is 2.36. The van der Waals surface area contributed by atoms with Crippen molar-refractivity contribution in [2.45, 2.75) is 45.8 Å². The van der Waals surface area contributed by atoms with Crippen LogP contribution < -0.4 is 11.1 Å². The van der Waals surface area contributed by atoms with Crippen LogP contribution in [0.25, 0.3) is 11.0 Å². The number of carbonyl (C=O) groups excluding carboxylic acids is 2. The Hall–Kier alpha value is -4.12. The van der Waals surface area contributed by atoms with Crippen LogP contribution in [0.2, 0.25) is 0 Å². The van der Waals surface area contributed by atoms with E-state index in [1.165, 1.54) is 6.33 Å². The van der Waals surface area contributed by atoms with E-state index in [1.807, 2.05) is 53.6 Å². The fraction of sp³-hybridized carbons (Fsp3) is 0.308. The number of rotatable bonds is 5. The Morgan fingerprint density at radius 1 is 1.26 bits per heavy atom. The van der Waals surface area contributed by atoms with Crippen molar-refractivity contribution in [1.29, 1.82) is 0 Å². The molecule has 1 saturated heterocycles. The molecule has 2 aromatic heterocycles. The van der Waals surface area contributed by atoms with Gasteiger partial charge >= 0.3 is 0 Å². The fourth-order valence-corrected chi connectivity index (χ4v) is 4.58. The number of hydrogen-bond donors (Lipinski definition) is 2. The lowest BCUT2D eigenvalue weighted by molar-refractivity contribution is -0.126. The molecule has 2 amide bonds. The van der Waals surface area contributed by atoms with Gasteiger partial charge in [0.2, 0.25) is 5.91 Å². The SMILES string of the molecule is CC#Cc1c(C(=O)NCc2ccccc2)c2c(N)ncnc2n1C1CC(C)N(C(=O)/C=C/C)C1. The van der Waals surface area contributed by atoms with Crippen molar-refractivity contribution in [1.82, 2.24) is 24.8 Å². The van der Waals surface area contributed by atoms with Gasteiger partial charge in [-0.25, -0.2) is 9.97 Å². The first-order valence-electron chi connectivity index (χ1n) is 11.3. The Bertz CT molecular complexity index is 1320. The van der Waals surface area contributed by atoms with E-state index in [9.17, 15) is 9.59 Å². The van der Waals surface area contributed by atoms with E-state index in [-0.39, 0.29) is 29.7 Å². The van der Waals surface area contributed by atoms with Crippen LogP contribution in [0.5, 0.6) is 0 Å². The summed E-state index contributed by atoms with van der Waals surface area (Å²) in [5.41, 5.74) is 8.69. The van der Waals surface area contributed by atoms with Crippen LogP contribution in [0.15, 0.2) is 48.8 Å². The van der Waals surface area contributed by atoms with Gasteiger partial charge in [0, 0.05) is 19.1 Å². The molecule has 3 heterocycles. The van der Waals surface area contributed by atoms with Crippen LogP contribution >= 0.6 is 0 Å². The maximum atomic E-state index is 13.5. The number of nitrogens with one attached hydrogen (secondary N) is 1. The summed E-state index contributed by atoms with van der Waals surface area (Å²) >= 11 is 0. The topological polar surface area (TPSA) is 106 Å². The highest BCUT2D eigenvalue weighted by Gasteiger charge is 2.36. The second kappa shape index (κ2) is 9.79. The van der Waals surface area contributed by atoms with Gasteiger partial charge in [0.05, 0.1) is 17.0 Å². The molecule has 0 bridgehead atoms. The molecule has 0 saturated carbocycles. The minimum atomic E-state index is -0.292. The molecule has 1 aromatic carbocycles. The van der Waals surface area contributed by atoms with E-state index >= 15 is 0 Å². The molecule has 174 valence electrons. The molecular formula is C26H28N6O2. The van der Waals surface area contributed by atoms with Crippen LogP contribution in [0.4, 0.5) is 5.82 Å². The molecule has 1 fully saturated rings. The highest BCUT2D eigenvalue weighted by atomic mass is 16.2. The largest absolute Gasteiger partial charge is 0.383 e. The summed E-state index contributed by atoms with van der Waals surface area (Å²) in [6.07, 6.45) is 5.41. The molecule has 1 aliphatic heterocycles. The second-order valence-corrected chi connectivity index (χ2v) is 8.32. The monoisotopic (exact) mass is 456 g/mol. The number of allylic oxidation sites excluding steroid dienone is 1. The number of amides is 2. The number of hydrogen-bond acceptors (Lipinski definition) is 5. The Balaban J connectivity index is 1.79. The van der Waals surface area contributed by atoms with E-state index < -0.39 is 0 Å². The number of carbonyl (C=O) groups is 2. The number of fused-ring (bicyclic) bond motifs is 1. The Morgan fingerprint density at radius 3 is 2.74 bits per heavy atom. The number of anilines is 1. The molecule has 0 radical (unpaired) electrons. The Labute approximate surface area is 198 Å². The summed E-state index contributed by atoms with van der Waals surface area (Å²) in [5, 5.41) is 3.47. The Kier molecular flexibility index (Phi) is 6.64. The van der Waals surface area contributed by atoms with Crippen molar-refractivity contribution in [2.24, 2.45) is 0 Å². The molecule has 8 heteroatoms. The van der Waals surface area contributed by atoms with E-state index in [1.54, 1.807) is 19.1 Å². The molecule has 34 heavy (non-hydrogen) atoms. The van der Waals surface area contributed by atoms with Gasteiger partial charge in [-0.15, -0.1) is 0 Å². The first-order valence-corrected chi connectivity index (χ1v) is 11.3. The molecule has 0 spiro atoms. The highest BCUT2D eigenvalue weighted by molar-refractivity contribution is 6.11. The van der Waals surface area contributed by atoms with Crippen LogP contribution in [0, 0.1) is 11.8 Å². The van der Waals surface area contributed by atoms with Gasteiger partial charge in [0.15, 0.2) is 0 Å². The summed E-state index contributed by atoms with van der Waals surface area (Å²) in [6.45, 7) is 6.42. The van der Waals surface area contributed by atoms with E-state index in [0.29, 0.717) is 41.8 Å². The molecule has 3 aromatic rings. The molecule has 2 atom stereocenters. The van der Waals surface area contributed by atoms with Crippen molar-refractivity contribution in [3.05, 3.63) is 65.6 Å². The minimum absolute atomic E-state index is 0.0307. The van der Waals surface area contributed by atoms with Crippen LogP contribution in [0.1, 0.15) is 54.8 Å². The van der Waals surface area contributed by atoms with E-state index in [2.05, 4.69) is 27.1 Å². The Morgan fingerprint density at radius 2 is 2.03 bits per heavy atom. The first-order chi connectivity index (χ1) is 16.5. The van der Waals surface area contributed by atoms with E-state index in [4.69, 9.17) is 5.73 Å². The maximum absolute atomic E-state index is 13.5. The zero-order valence-corrected chi connectivity index (χ0v) is 19.6. The number of benzene rings is 1. The van der Waals surface area contributed by atoms with Crippen molar-refractivity contribution < 1.29 is 9.59 Å². The van der Waals surface area contributed by atoms with Crippen LogP contribution in [0.3, 0.4) is 0 Å². The third kappa shape index (κ3) is 4.25. The van der Waals surface area contributed by atoms with Gasteiger partial charge < -0.3 is 20.5 Å². The molecule has 2 unspecified atom stereocenters. The van der Waals surface area contributed by atoms with Crippen molar-refractivity contribution in [2.75, 3.05) is 12.3 Å². The molecule has 0 aliphatic carbocycles. The van der Waals surface area contributed by atoms with Gasteiger partial charge in [-0.3, -0.25) is 9.59 Å².